The van der Waals surface area contributed by atoms with Crippen LogP contribution in [0.1, 0.15) is 26.0 Å². The fraction of sp³-hybridized carbons (Fsp3) is 0.412. The first-order valence-electron chi connectivity index (χ1n) is 7.53. The van der Waals surface area contributed by atoms with Gasteiger partial charge in [-0.1, -0.05) is 30.3 Å². The van der Waals surface area contributed by atoms with E-state index in [9.17, 15) is 4.79 Å². The molecule has 4 nitrogen and oxygen atoms in total. The number of rotatable bonds is 8. The highest BCUT2D eigenvalue weighted by Gasteiger charge is 2.08. The van der Waals surface area contributed by atoms with Crippen molar-refractivity contribution in [2.75, 3.05) is 13.2 Å². The molecule has 1 heterocycles. The Labute approximate surface area is 135 Å². The molecule has 0 unspecified atom stereocenters. The van der Waals surface area contributed by atoms with E-state index in [4.69, 9.17) is 4.74 Å². The first kappa shape index (κ1) is 16.6. The van der Waals surface area contributed by atoms with Crippen molar-refractivity contribution in [3.05, 3.63) is 41.4 Å². The molecule has 0 saturated carbocycles. The summed E-state index contributed by atoms with van der Waals surface area (Å²) in [5.41, 5.74) is 1.91. The molecule has 1 N–H and O–H groups in total. The molecular weight excluding hydrogens is 296 g/mol. The molecule has 2 aromatic rings. The number of thiazole rings is 1. The SMILES string of the molecule is CC(C)OCCCNC(=O)Cc1csc(-c2ccccc2)n1. The van der Waals surface area contributed by atoms with Gasteiger partial charge in [-0.3, -0.25) is 4.79 Å². The van der Waals surface area contributed by atoms with Crippen LogP contribution in [0.4, 0.5) is 0 Å². The first-order chi connectivity index (χ1) is 10.6. The van der Waals surface area contributed by atoms with Gasteiger partial charge in [0.25, 0.3) is 0 Å². The summed E-state index contributed by atoms with van der Waals surface area (Å²) in [4.78, 5) is 16.4. The fourth-order valence-electron chi connectivity index (χ4n) is 1.95. The Balaban J connectivity index is 1.74. The zero-order valence-corrected chi connectivity index (χ0v) is 13.9. The highest BCUT2D eigenvalue weighted by atomic mass is 32.1. The number of nitrogens with zero attached hydrogens (tertiary/aromatic N) is 1. The van der Waals surface area contributed by atoms with E-state index >= 15 is 0 Å². The lowest BCUT2D eigenvalue weighted by Gasteiger charge is -2.07. The number of carbonyl (C=O) groups excluding carboxylic acids is 1. The van der Waals surface area contributed by atoms with E-state index in [1.165, 1.54) is 0 Å². The van der Waals surface area contributed by atoms with Gasteiger partial charge in [0.05, 0.1) is 18.2 Å². The Morgan fingerprint density at radius 2 is 2.09 bits per heavy atom. The van der Waals surface area contributed by atoms with E-state index in [1.807, 2.05) is 49.6 Å². The van der Waals surface area contributed by atoms with Crippen molar-refractivity contribution in [2.24, 2.45) is 0 Å². The molecule has 5 heteroatoms. The predicted molar refractivity (Wildman–Crippen MR) is 90.0 cm³/mol. The zero-order valence-electron chi connectivity index (χ0n) is 13.0. The summed E-state index contributed by atoms with van der Waals surface area (Å²) < 4.78 is 5.43. The molecule has 1 aromatic heterocycles. The monoisotopic (exact) mass is 318 g/mol. The van der Waals surface area contributed by atoms with Gasteiger partial charge in [0.15, 0.2) is 0 Å². The number of aromatic nitrogens is 1. The van der Waals surface area contributed by atoms with Crippen molar-refractivity contribution in [1.29, 1.82) is 0 Å². The summed E-state index contributed by atoms with van der Waals surface area (Å²) >= 11 is 1.57. The van der Waals surface area contributed by atoms with Crippen LogP contribution in [-0.4, -0.2) is 30.1 Å². The number of nitrogens with one attached hydrogen (secondary N) is 1. The predicted octanol–water partition coefficient (Wildman–Crippen LogP) is 3.28. The number of hydrogen-bond acceptors (Lipinski definition) is 4. The lowest BCUT2D eigenvalue weighted by atomic mass is 10.2. The van der Waals surface area contributed by atoms with Gasteiger partial charge < -0.3 is 10.1 Å². The quantitative estimate of drug-likeness (QED) is 0.760. The number of hydrogen-bond donors (Lipinski definition) is 1. The second-order valence-corrected chi connectivity index (χ2v) is 6.17. The molecule has 0 aliphatic rings. The molecule has 0 atom stereocenters. The molecule has 0 bridgehead atoms. The van der Waals surface area contributed by atoms with Gasteiger partial charge in [0.1, 0.15) is 5.01 Å². The average molecular weight is 318 g/mol. The van der Waals surface area contributed by atoms with E-state index in [0.29, 0.717) is 19.6 Å². The third kappa shape index (κ3) is 5.58. The zero-order chi connectivity index (χ0) is 15.8. The van der Waals surface area contributed by atoms with Crippen molar-refractivity contribution in [3.8, 4) is 10.6 Å². The maximum atomic E-state index is 11.9. The molecule has 22 heavy (non-hydrogen) atoms. The normalized spacial score (nSPS) is 10.9. The molecule has 2 rings (SSSR count). The van der Waals surface area contributed by atoms with E-state index < -0.39 is 0 Å². The maximum absolute atomic E-state index is 11.9. The Kier molecular flexibility index (Phi) is 6.55. The molecule has 0 radical (unpaired) electrons. The Hall–Kier alpha value is -1.72. The second-order valence-electron chi connectivity index (χ2n) is 5.31. The van der Waals surface area contributed by atoms with E-state index in [2.05, 4.69) is 10.3 Å². The number of ether oxygens (including phenoxy) is 1. The van der Waals surface area contributed by atoms with Gasteiger partial charge in [0.2, 0.25) is 5.91 Å². The molecule has 0 aliphatic heterocycles. The minimum atomic E-state index is 0.00876. The highest BCUT2D eigenvalue weighted by molar-refractivity contribution is 7.13. The minimum Gasteiger partial charge on any atom is -0.379 e. The first-order valence-corrected chi connectivity index (χ1v) is 8.41. The second kappa shape index (κ2) is 8.66. The van der Waals surface area contributed by atoms with Crippen molar-refractivity contribution >= 4 is 17.2 Å². The van der Waals surface area contributed by atoms with Gasteiger partial charge in [0, 0.05) is 24.1 Å². The average Bonchev–Trinajstić information content (AvgIpc) is 2.96. The van der Waals surface area contributed by atoms with E-state index in [1.54, 1.807) is 11.3 Å². The topological polar surface area (TPSA) is 51.2 Å². The molecule has 0 aliphatic carbocycles. The Bertz CT molecular complexity index is 581. The molecule has 1 amide bonds. The molecular formula is C17H22N2O2S. The van der Waals surface area contributed by atoms with Crippen LogP contribution in [0.15, 0.2) is 35.7 Å². The van der Waals surface area contributed by atoms with Crippen LogP contribution in [0.5, 0.6) is 0 Å². The standard InChI is InChI=1S/C17H22N2O2S/c1-13(2)21-10-6-9-18-16(20)11-15-12-22-17(19-15)14-7-4-3-5-8-14/h3-5,7-8,12-13H,6,9-11H2,1-2H3,(H,18,20). The lowest BCUT2D eigenvalue weighted by molar-refractivity contribution is -0.120. The van der Waals surface area contributed by atoms with Gasteiger partial charge in [-0.15, -0.1) is 11.3 Å². The van der Waals surface area contributed by atoms with Gasteiger partial charge in [-0.2, -0.15) is 0 Å². The molecule has 0 spiro atoms. The number of benzene rings is 1. The summed E-state index contributed by atoms with van der Waals surface area (Å²) in [5.74, 6) is 0.00876. The third-order valence-electron chi connectivity index (χ3n) is 3.01. The largest absolute Gasteiger partial charge is 0.379 e. The van der Waals surface area contributed by atoms with Crippen LogP contribution < -0.4 is 5.32 Å². The number of carbonyl (C=O) groups is 1. The van der Waals surface area contributed by atoms with Crippen LogP contribution in [0.3, 0.4) is 0 Å². The van der Waals surface area contributed by atoms with Crippen molar-refractivity contribution in [3.63, 3.8) is 0 Å². The van der Waals surface area contributed by atoms with Crippen LogP contribution in [0.25, 0.3) is 10.6 Å². The Morgan fingerprint density at radius 3 is 2.82 bits per heavy atom. The van der Waals surface area contributed by atoms with E-state index in [0.717, 1.165) is 22.7 Å². The van der Waals surface area contributed by atoms with Crippen LogP contribution in [-0.2, 0) is 16.0 Å². The molecule has 0 saturated heterocycles. The summed E-state index contributed by atoms with van der Waals surface area (Å²) in [7, 11) is 0. The summed E-state index contributed by atoms with van der Waals surface area (Å²) in [6.45, 7) is 5.32. The lowest BCUT2D eigenvalue weighted by Crippen LogP contribution is -2.27. The minimum absolute atomic E-state index is 0.00876. The summed E-state index contributed by atoms with van der Waals surface area (Å²) in [6.07, 6.45) is 1.40. The van der Waals surface area contributed by atoms with Crippen LogP contribution >= 0.6 is 11.3 Å². The number of amides is 1. The van der Waals surface area contributed by atoms with Crippen LogP contribution in [0, 0.1) is 0 Å². The van der Waals surface area contributed by atoms with Gasteiger partial charge in [-0.05, 0) is 20.3 Å². The fourth-order valence-corrected chi connectivity index (χ4v) is 2.77. The Morgan fingerprint density at radius 1 is 1.32 bits per heavy atom. The molecule has 0 fully saturated rings. The molecule has 118 valence electrons. The molecule has 1 aromatic carbocycles. The van der Waals surface area contributed by atoms with Gasteiger partial charge >= 0.3 is 0 Å². The van der Waals surface area contributed by atoms with Crippen molar-refractivity contribution in [2.45, 2.75) is 32.8 Å². The highest BCUT2D eigenvalue weighted by Crippen LogP contribution is 2.23. The van der Waals surface area contributed by atoms with Crippen molar-refractivity contribution < 1.29 is 9.53 Å². The maximum Gasteiger partial charge on any atom is 0.226 e. The summed E-state index contributed by atoms with van der Waals surface area (Å²) in [5, 5.41) is 5.80. The smallest absolute Gasteiger partial charge is 0.226 e. The summed E-state index contributed by atoms with van der Waals surface area (Å²) in [6, 6.07) is 10.0. The van der Waals surface area contributed by atoms with Crippen LogP contribution in [0.2, 0.25) is 0 Å². The third-order valence-corrected chi connectivity index (χ3v) is 3.95. The van der Waals surface area contributed by atoms with E-state index in [-0.39, 0.29) is 12.0 Å². The van der Waals surface area contributed by atoms with Crippen molar-refractivity contribution in [1.82, 2.24) is 10.3 Å². The van der Waals surface area contributed by atoms with Gasteiger partial charge in [-0.25, -0.2) is 4.98 Å².